The lowest BCUT2D eigenvalue weighted by atomic mass is 9.47. The van der Waals surface area contributed by atoms with Gasteiger partial charge in [-0.05, 0) is 46.5 Å². The van der Waals surface area contributed by atoms with Gasteiger partial charge >= 0.3 is 0 Å². The van der Waals surface area contributed by atoms with E-state index in [9.17, 15) is 19.5 Å². The fourth-order valence-electron chi connectivity index (χ4n) is 6.84. The van der Waals surface area contributed by atoms with Crippen LogP contribution in [0.4, 0.5) is 5.69 Å². The number of phenolic OH excluding ortho intramolecular Hbond substituents is 1. The van der Waals surface area contributed by atoms with Crippen LogP contribution in [0.5, 0.6) is 5.75 Å². The molecule has 4 aliphatic rings. The number of anilines is 1. The molecule has 0 saturated carbocycles. The fraction of sp³-hybridized carbons (Fsp3) is 0.125. The van der Waals surface area contributed by atoms with Crippen LogP contribution in [0.15, 0.2) is 102 Å². The molecule has 1 saturated heterocycles. The number of para-hydroxylation sites is 2. The molecular formula is C32H22ClN3O4. The van der Waals surface area contributed by atoms with Crippen LogP contribution in [-0.2, 0) is 15.0 Å². The SMILES string of the molecule is O=C(N/N=C/C12c3ccccc3C(c3ccccc31)[C@H]1C(=O)N(c3ccccc3Cl)C(=O)[C@H]12)c1ccccc1O. The fourth-order valence-corrected chi connectivity index (χ4v) is 7.06. The number of rotatable bonds is 4. The summed E-state index contributed by atoms with van der Waals surface area (Å²) in [7, 11) is 0. The molecule has 0 radical (unpaired) electrons. The van der Waals surface area contributed by atoms with Crippen molar-refractivity contribution < 1.29 is 19.5 Å². The minimum absolute atomic E-state index is 0.0696. The normalized spacial score (nSPS) is 24.1. The van der Waals surface area contributed by atoms with Crippen molar-refractivity contribution in [2.75, 3.05) is 4.90 Å². The molecular weight excluding hydrogens is 526 g/mol. The maximum absolute atomic E-state index is 14.3. The van der Waals surface area contributed by atoms with Gasteiger partial charge in [-0.15, -0.1) is 0 Å². The van der Waals surface area contributed by atoms with Crippen molar-refractivity contribution in [1.82, 2.24) is 5.43 Å². The molecule has 7 nitrogen and oxygen atoms in total. The van der Waals surface area contributed by atoms with E-state index >= 15 is 0 Å². The molecule has 2 atom stereocenters. The summed E-state index contributed by atoms with van der Waals surface area (Å²) in [5, 5.41) is 14.8. The summed E-state index contributed by atoms with van der Waals surface area (Å²) in [5.41, 5.74) is 5.42. The van der Waals surface area contributed by atoms with Gasteiger partial charge in [0.15, 0.2) is 0 Å². The summed E-state index contributed by atoms with van der Waals surface area (Å²) in [6.07, 6.45) is 1.58. The van der Waals surface area contributed by atoms with Crippen LogP contribution in [-0.4, -0.2) is 29.0 Å². The van der Waals surface area contributed by atoms with Crippen molar-refractivity contribution in [3.8, 4) is 5.75 Å². The van der Waals surface area contributed by atoms with E-state index in [-0.39, 0.29) is 29.0 Å². The zero-order chi connectivity index (χ0) is 27.6. The van der Waals surface area contributed by atoms with E-state index in [1.807, 2.05) is 48.5 Å². The Balaban J connectivity index is 1.42. The van der Waals surface area contributed by atoms with Gasteiger partial charge < -0.3 is 5.11 Å². The summed E-state index contributed by atoms with van der Waals surface area (Å²) in [6, 6.07) is 28.6. The molecule has 8 heteroatoms. The molecule has 8 rings (SSSR count). The lowest BCUT2D eigenvalue weighted by Crippen LogP contribution is -2.54. The third kappa shape index (κ3) is 3.18. The third-order valence-electron chi connectivity index (χ3n) is 8.36. The van der Waals surface area contributed by atoms with Crippen LogP contribution in [0.1, 0.15) is 38.5 Å². The molecule has 4 aromatic rings. The maximum Gasteiger partial charge on any atom is 0.275 e. The first-order valence-electron chi connectivity index (χ1n) is 12.9. The molecule has 2 N–H and O–H groups in total. The highest BCUT2D eigenvalue weighted by Crippen LogP contribution is 2.63. The molecule has 1 fully saturated rings. The Kier molecular flexibility index (Phi) is 5.40. The predicted octanol–water partition coefficient (Wildman–Crippen LogP) is 5.01. The Morgan fingerprint density at radius 3 is 2.12 bits per heavy atom. The van der Waals surface area contributed by atoms with Gasteiger partial charge in [-0.2, -0.15) is 5.10 Å². The lowest BCUT2D eigenvalue weighted by molar-refractivity contribution is -0.122. The number of phenols is 1. The van der Waals surface area contributed by atoms with E-state index in [2.05, 4.69) is 10.5 Å². The molecule has 3 aliphatic carbocycles. The van der Waals surface area contributed by atoms with Gasteiger partial charge in [0.2, 0.25) is 11.8 Å². The summed E-state index contributed by atoms with van der Waals surface area (Å²) >= 11 is 6.48. The first kappa shape index (κ1) is 24.3. The second-order valence-corrected chi connectivity index (χ2v) is 10.6. The van der Waals surface area contributed by atoms with Crippen molar-refractivity contribution in [3.05, 3.63) is 130 Å². The number of halogens is 1. The molecule has 0 spiro atoms. The Morgan fingerprint density at radius 1 is 0.850 bits per heavy atom. The van der Waals surface area contributed by atoms with Crippen LogP contribution < -0.4 is 10.3 Å². The highest BCUT2D eigenvalue weighted by atomic mass is 35.5. The van der Waals surface area contributed by atoms with Crippen LogP contribution in [0.2, 0.25) is 5.02 Å². The number of hydrogen-bond acceptors (Lipinski definition) is 5. The van der Waals surface area contributed by atoms with Crippen LogP contribution in [0, 0.1) is 11.8 Å². The number of nitrogens with zero attached hydrogens (tertiary/aromatic N) is 2. The first-order valence-corrected chi connectivity index (χ1v) is 13.3. The Labute approximate surface area is 234 Å². The molecule has 0 unspecified atom stereocenters. The Hall–Kier alpha value is -4.75. The lowest BCUT2D eigenvalue weighted by Gasteiger charge is -2.52. The number of imide groups is 1. The van der Waals surface area contributed by atoms with Crippen molar-refractivity contribution in [2.45, 2.75) is 11.3 Å². The number of carbonyl (C=O) groups is 3. The van der Waals surface area contributed by atoms with Gasteiger partial charge in [0.1, 0.15) is 5.75 Å². The van der Waals surface area contributed by atoms with Crippen LogP contribution in [0.3, 0.4) is 0 Å². The van der Waals surface area contributed by atoms with Crippen molar-refractivity contribution in [1.29, 1.82) is 0 Å². The molecule has 0 aromatic heterocycles. The topological polar surface area (TPSA) is 99.1 Å². The molecule has 4 aromatic carbocycles. The highest BCUT2D eigenvalue weighted by Gasteiger charge is 2.68. The van der Waals surface area contributed by atoms with Gasteiger partial charge in [0.05, 0.1) is 33.5 Å². The number of hydrogen-bond donors (Lipinski definition) is 2. The minimum Gasteiger partial charge on any atom is -0.507 e. The van der Waals surface area contributed by atoms with E-state index in [4.69, 9.17) is 11.6 Å². The van der Waals surface area contributed by atoms with Gasteiger partial charge in [-0.25, -0.2) is 10.3 Å². The van der Waals surface area contributed by atoms with Gasteiger partial charge in [-0.1, -0.05) is 84.4 Å². The molecule has 196 valence electrons. The molecule has 1 aliphatic heterocycles. The predicted molar refractivity (Wildman–Crippen MR) is 150 cm³/mol. The zero-order valence-corrected chi connectivity index (χ0v) is 21.7. The summed E-state index contributed by atoms with van der Waals surface area (Å²) in [6.45, 7) is 0. The van der Waals surface area contributed by atoms with Gasteiger partial charge in [0, 0.05) is 12.1 Å². The smallest absolute Gasteiger partial charge is 0.275 e. The quantitative estimate of drug-likeness (QED) is 0.213. The van der Waals surface area contributed by atoms with E-state index in [0.717, 1.165) is 22.3 Å². The second kappa shape index (κ2) is 8.89. The summed E-state index contributed by atoms with van der Waals surface area (Å²) < 4.78 is 0. The third-order valence-corrected chi connectivity index (χ3v) is 8.68. The van der Waals surface area contributed by atoms with E-state index < -0.39 is 23.2 Å². The summed E-state index contributed by atoms with van der Waals surface area (Å²) in [4.78, 5) is 42.6. The standard InChI is InChI=1S/C32H22ClN3O4/c33-23-14-6-7-15-24(23)36-30(39)27-26-18-9-1-4-12-21(18)32(28(27)31(36)40,22-13-5-2-10-19(22)26)17-34-35-29(38)20-11-3-8-16-25(20)37/h1-17,26-28,37H,(H,35,38)/b34-17+/t26?,27-,28+,32?/m1/s1. The first-order chi connectivity index (χ1) is 19.4. The second-order valence-electron chi connectivity index (χ2n) is 10.2. The van der Waals surface area contributed by atoms with Gasteiger partial charge in [0.25, 0.3) is 5.91 Å². The molecule has 1 heterocycles. The van der Waals surface area contributed by atoms with Crippen molar-refractivity contribution in [3.63, 3.8) is 0 Å². The van der Waals surface area contributed by atoms with Crippen molar-refractivity contribution in [2.24, 2.45) is 16.9 Å². The van der Waals surface area contributed by atoms with Gasteiger partial charge in [-0.3, -0.25) is 14.4 Å². The van der Waals surface area contributed by atoms with Crippen LogP contribution >= 0.6 is 11.6 Å². The largest absolute Gasteiger partial charge is 0.507 e. The number of hydrazone groups is 1. The molecule has 40 heavy (non-hydrogen) atoms. The number of carbonyl (C=O) groups excluding carboxylic acids is 3. The number of aromatic hydroxyl groups is 1. The minimum atomic E-state index is -1.14. The molecule has 2 bridgehead atoms. The van der Waals surface area contributed by atoms with E-state index in [0.29, 0.717) is 10.7 Å². The number of nitrogens with one attached hydrogen (secondary N) is 1. The molecule has 3 amide bonds. The average Bonchev–Trinajstić information content (AvgIpc) is 3.24. The maximum atomic E-state index is 14.3. The Bertz CT molecular complexity index is 1720. The number of amides is 3. The Morgan fingerprint density at radius 2 is 1.45 bits per heavy atom. The zero-order valence-electron chi connectivity index (χ0n) is 21.0. The van der Waals surface area contributed by atoms with Crippen molar-refractivity contribution >= 4 is 41.2 Å². The highest BCUT2D eigenvalue weighted by molar-refractivity contribution is 6.36. The summed E-state index contributed by atoms with van der Waals surface area (Å²) in [5.74, 6) is -3.27. The average molecular weight is 548 g/mol. The van der Waals surface area contributed by atoms with E-state index in [1.165, 1.54) is 17.0 Å². The monoisotopic (exact) mass is 547 g/mol. The van der Waals surface area contributed by atoms with E-state index in [1.54, 1.807) is 42.6 Å². The van der Waals surface area contributed by atoms with Crippen LogP contribution in [0.25, 0.3) is 0 Å². The number of benzene rings is 4.